The fourth-order valence-electron chi connectivity index (χ4n) is 1.84. The van der Waals surface area contributed by atoms with E-state index in [1.807, 2.05) is 24.2 Å². The van der Waals surface area contributed by atoms with E-state index in [1.165, 1.54) is 6.26 Å². The minimum atomic E-state index is -2.91. The SMILES string of the molecule is CC(C)CNCc1ccc(CN(C)CCS(C)(=O)=O)nc1. The monoisotopic (exact) mass is 313 g/mol. The van der Waals surface area contributed by atoms with Gasteiger partial charge in [0, 0.05) is 32.1 Å². The number of hydrogen-bond donors (Lipinski definition) is 1. The van der Waals surface area contributed by atoms with Gasteiger partial charge in [-0.15, -0.1) is 0 Å². The maximum absolute atomic E-state index is 11.1. The minimum Gasteiger partial charge on any atom is -0.312 e. The van der Waals surface area contributed by atoms with E-state index >= 15 is 0 Å². The number of aromatic nitrogens is 1. The summed E-state index contributed by atoms with van der Waals surface area (Å²) in [5.74, 6) is 0.821. The summed E-state index contributed by atoms with van der Waals surface area (Å²) in [5.41, 5.74) is 2.12. The lowest BCUT2D eigenvalue weighted by Gasteiger charge is -2.15. The molecule has 1 aromatic heterocycles. The summed E-state index contributed by atoms with van der Waals surface area (Å²) >= 11 is 0. The van der Waals surface area contributed by atoms with Crippen LogP contribution >= 0.6 is 0 Å². The van der Waals surface area contributed by atoms with Crippen LogP contribution in [0.25, 0.3) is 0 Å². The van der Waals surface area contributed by atoms with Crippen molar-refractivity contribution >= 4 is 9.84 Å². The van der Waals surface area contributed by atoms with Gasteiger partial charge in [-0.3, -0.25) is 9.88 Å². The molecule has 6 heteroatoms. The van der Waals surface area contributed by atoms with Crippen molar-refractivity contribution in [2.45, 2.75) is 26.9 Å². The van der Waals surface area contributed by atoms with E-state index in [1.54, 1.807) is 0 Å². The summed E-state index contributed by atoms with van der Waals surface area (Å²) in [7, 11) is -0.998. The average molecular weight is 313 g/mol. The quantitative estimate of drug-likeness (QED) is 0.744. The van der Waals surface area contributed by atoms with E-state index in [-0.39, 0.29) is 5.75 Å². The van der Waals surface area contributed by atoms with E-state index in [0.717, 1.165) is 24.3 Å². The van der Waals surface area contributed by atoms with Crippen molar-refractivity contribution in [1.29, 1.82) is 0 Å². The molecule has 5 nitrogen and oxygen atoms in total. The summed E-state index contributed by atoms with van der Waals surface area (Å²) in [4.78, 5) is 6.40. The first kappa shape index (κ1) is 18.1. The molecule has 0 radical (unpaired) electrons. The number of pyridine rings is 1. The van der Waals surface area contributed by atoms with E-state index in [2.05, 4.69) is 30.2 Å². The van der Waals surface area contributed by atoms with Crippen LogP contribution in [0.1, 0.15) is 25.1 Å². The lowest BCUT2D eigenvalue weighted by atomic mass is 10.2. The molecule has 1 heterocycles. The van der Waals surface area contributed by atoms with Crippen LogP contribution in [0.5, 0.6) is 0 Å². The van der Waals surface area contributed by atoms with Crippen molar-refractivity contribution in [3.8, 4) is 0 Å². The molecule has 0 spiro atoms. The molecule has 0 aliphatic rings. The molecule has 0 atom stereocenters. The van der Waals surface area contributed by atoms with E-state index in [4.69, 9.17) is 0 Å². The molecule has 0 aromatic carbocycles. The van der Waals surface area contributed by atoms with Gasteiger partial charge in [-0.1, -0.05) is 19.9 Å². The molecule has 1 N–H and O–H groups in total. The van der Waals surface area contributed by atoms with Crippen molar-refractivity contribution < 1.29 is 8.42 Å². The molecule has 0 unspecified atom stereocenters. The molecule has 120 valence electrons. The van der Waals surface area contributed by atoms with Gasteiger partial charge in [0.15, 0.2) is 0 Å². The summed E-state index contributed by atoms with van der Waals surface area (Å²) in [6.07, 6.45) is 3.14. The van der Waals surface area contributed by atoms with Gasteiger partial charge in [-0.05, 0) is 31.1 Å². The molecule has 0 saturated heterocycles. The van der Waals surface area contributed by atoms with Crippen molar-refractivity contribution in [2.24, 2.45) is 5.92 Å². The van der Waals surface area contributed by atoms with Crippen LogP contribution in [0.2, 0.25) is 0 Å². The first-order valence-corrected chi connectivity index (χ1v) is 9.33. The Morgan fingerprint density at radius 2 is 2.05 bits per heavy atom. The van der Waals surface area contributed by atoms with Gasteiger partial charge < -0.3 is 5.32 Å². The smallest absolute Gasteiger partial charge is 0.148 e. The molecular weight excluding hydrogens is 286 g/mol. The molecule has 0 bridgehead atoms. The van der Waals surface area contributed by atoms with Crippen molar-refractivity contribution in [3.63, 3.8) is 0 Å². The summed E-state index contributed by atoms with van der Waals surface area (Å²) in [5, 5.41) is 3.38. The Balaban J connectivity index is 2.39. The Morgan fingerprint density at radius 3 is 2.57 bits per heavy atom. The van der Waals surface area contributed by atoms with Gasteiger partial charge in [-0.2, -0.15) is 0 Å². The third kappa shape index (κ3) is 8.80. The van der Waals surface area contributed by atoms with Crippen molar-refractivity contribution in [2.75, 3.05) is 32.1 Å². The lowest BCUT2D eigenvalue weighted by molar-refractivity contribution is 0.342. The number of sulfone groups is 1. The third-order valence-corrected chi connectivity index (χ3v) is 3.97. The van der Waals surface area contributed by atoms with E-state index in [0.29, 0.717) is 19.0 Å². The fourth-order valence-corrected chi connectivity index (χ4v) is 2.48. The molecule has 1 rings (SSSR count). The summed E-state index contributed by atoms with van der Waals surface area (Å²) < 4.78 is 22.3. The Bertz CT molecular complexity index is 512. The first-order chi connectivity index (χ1) is 9.76. The summed E-state index contributed by atoms with van der Waals surface area (Å²) in [6.45, 7) is 7.38. The lowest BCUT2D eigenvalue weighted by Crippen LogP contribution is -2.25. The van der Waals surface area contributed by atoms with Gasteiger partial charge in [0.25, 0.3) is 0 Å². The normalized spacial score (nSPS) is 12.3. The zero-order valence-electron chi connectivity index (χ0n) is 13.5. The van der Waals surface area contributed by atoms with Crippen LogP contribution in [0, 0.1) is 5.92 Å². The van der Waals surface area contributed by atoms with Gasteiger partial charge in [0.05, 0.1) is 11.4 Å². The van der Waals surface area contributed by atoms with Gasteiger partial charge >= 0.3 is 0 Å². The Morgan fingerprint density at radius 1 is 1.33 bits per heavy atom. The highest BCUT2D eigenvalue weighted by atomic mass is 32.2. The number of nitrogens with one attached hydrogen (secondary N) is 1. The van der Waals surface area contributed by atoms with Crippen LogP contribution < -0.4 is 5.32 Å². The zero-order chi connectivity index (χ0) is 15.9. The Hall–Kier alpha value is -0.980. The molecule has 0 aliphatic carbocycles. The fraction of sp³-hybridized carbons (Fsp3) is 0.667. The molecule has 21 heavy (non-hydrogen) atoms. The van der Waals surface area contributed by atoms with Gasteiger partial charge in [0.2, 0.25) is 0 Å². The van der Waals surface area contributed by atoms with Crippen LogP contribution in [-0.4, -0.2) is 50.4 Å². The zero-order valence-corrected chi connectivity index (χ0v) is 14.3. The van der Waals surface area contributed by atoms with Gasteiger partial charge in [-0.25, -0.2) is 8.42 Å². The van der Waals surface area contributed by atoms with Gasteiger partial charge in [0.1, 0.15) is 9.84 Å². The van der Waals surface area contributed by atoms with Crippen LogP contribution in [0.3, 0.4) is 0 Å². The predicted octanol–water partition coefficient (Wildman–Crippen LogP) is 1.30. The van der Waals surface area contributed by atoms with Crippen LogP contribution in [-0.2, 0) is 22.9 Å². The van der Waals surface area contributed by atoms with E-state index in [9.17, 15) is 8.42 Å². The first-order valence-electron chi connectivity index (χ1n) is 7.27. The second kappa shape index (κ2) is 8.46. The van der Waals surface area contributed by atoms with E-state index < -0.39 is 9.84 Å². The average Bonchev–Trinajstić information content (AvgIpc) is 2.37. The predicted molar refractivity (Wildman–Crippen MR) is 86.8 cm³/mol. The van der Waals surface area contributed by atoms with Crippen LogP contribution in [0.4, 0.5) is 0 Å². The second-order valence-electron chi connectivity index (χ2n) is 6.05. The standard InChI is InChI=1S/C15H27N3O2S/c1-13(2)9-16-10-14-5-6-15(17-11-14)12-18(3)7-8-21(4,19)20/h5-6,11,13,16H,7-10,12H2,1-4H3. The molecule has 0 aliphatic heterocycles. The third-order valence-electron chi connectivity index (χ3n) is 3.04. The van der Waals surface area contributed by atoms with Crippen LogP contribution in [0.15, 0.2) is 18.3 Å². The highest BCUT2D eigenvalue weighted by molar-refractivity contribution is 7.90. The maximum Gasteiger partial charge on any atom is 0.148 e. The number of rotatable bonds is 9. The largest absolute Gasteiger partial charge is 0.312 e. The Kier molecular flexibility index (Phi) is 7.28. The highest BCUT2D eigenvalue weighted by Crippen LogP contribution is 2.03. The Labute approximate surface area is 128 Å². The highest BCUT2D eigenvalue weighted by Gasteiger charge is 2.07. The molecule has 1 aromatic rings. The second-order valence-corrected chi connectivity index (χ2v) is 8.31. The minimum absolute atomic E-state index is 0.181. The van der Waals surface area contributed by atoms with Crippen molar-refractivity contribution in [1.82, 2.24) is 15.2 Å². The summed E-state index contributed by atoms with van der Waals surface area (Å²) in [6, 6.07) is 4.07. The molecular formula is C15H27N3O2S. The van der Waals surface area contributed by atoms with Crippen molar-refractivity contribution in [3.05, 3.63) is 29.6 Å². The topological polar surface area (TPSA) is 62.3 Å². The molecule has 0 amide bonds. The number of hydrogen-bond acceptors (Lipinski definition) is 5. The maximum atomic E-state index is 11.1. The molecule has 0 saturated carbocycles. The molecule has 0 fully saturated rings. The number of nitrogens with zero attached hydrogens (tertiary/aromatic N) is 2.